The third-order valence-electron chi connectivity index (χ3n) is 4.12. The maximum absolute atomic E-state index is 12.1. The Kier molecular flexibility index (Phi) is 3.42. The molecule has 126 valence electrons. The van der Waals surface area contributed by atoms with Crippen molar-refractivity contribution in [1.29, 1.82) is 0 Å². The van der Waals surface area contributed by atoms with Crippen LogP contribution in [-0.2, 0) is 7.05 Å². The molecule has 0 N–H and O–H groups in total. The van der Waals surface area contributed by atoms with Crippen LogP contribution >= 0.6 is 0 Å². The molecule has 0 saturated carbocycles. The molecule has 4 aromatic heterocycles. The smallest absolute Gasteiger partial charge is 0.273 e. The van der Waals surface area contributed by atoms with E-state index < -0.39 is 0 Å². The molecule has 0 bridgehead atoms. The lowest BCUT2D eigenvalue weighted by Gasteiger charge is -2.07. The molecule has 0 aliphatic carbocycles. The summed E-state index contributed by atoms with van der Waals surface area (Å²) in [6.07, 6.45) is 7.67. The summed E-state index contributed by atoms with van der Waals surface area (Å²) in [4.78, 5) is 13.6. The predicted octanol–water partition coefficient (Wildman–Crippen LogP) is 2.23. The predicted molar refractivity (Wildman–Crippen MR) is 94.7 cm³/mol. The van der Waals surface area contributed by atoms with E-state index in [1.165, 1.54) is 4.90 Å². The summed E-state index contributed by atoms with van der Waals surface area (Å²) in [5.41, 5.74) is 3.59. The van der Waals surface area contributed by atoms with Crippen molar-refractivity contribution < 1.29 is 4.79 Å². The van der Waals surface area contributed by atoms with E-state index >= 15 is 0 Å². The Hall–Kier alpha value is -3.35. The molecule has 0 unspecified atom stereocenters. The lowest BCUT2D eigenvalue weighted by Crippen LogP contribution is -2.22. The standard InChI is InChI=1S/C18H18N6O/c1-21(2)18(25)16-8-9-24(20-16)17-7-6-15-5-4-13(12-23(15)17)14-10-19-22(3)11-14/h4-12H,1-3H3. The zero-order valence-corrected chi connectivity index (χ0v) is 14.3. The van der Waals surface area contributed by atoms with Crippen LogP contribution in [0.4, 0.5) is 0 Å². The van der Waals surface area contributed by atoms with E-state index in [1.807, 2.05) is 31.6 Å². The molecule has 0 aliphatic rings. The van der Waals surface area contributed by atoms with Crippen LogP contribution in [-0.4, -0.2) is 48.9 Å². The molecule has 1 amide bonds. The molecule has 7 nitrogen and oxygen atoms in total. The van der Waals surface area contributed by atoms with Crippen LogP contribution in [0.25, 0.3) is 22.5 Å². The van der Waals surface area contributed by atoms with Gasteiger partial charge in [0.2, 0.25) is 0 Å². The maximum Gasteiger partial charge on any atom is 0.273 e. The number of rotatable bonds is 3. The second-order valence-electron chi connectivity index (χ2n) is 6.15. The van der Waals surface area contributed by atoms with Gasteiger partial charge in [-0.15, -0.1) is 0 Å². The lowest BCUT2D eigenvalue weighted by atomic mass is 10.1. The summed E-state index contributed by atoms with van der Waals surface area (Å²) in [5.74, 6) is 0.759. The highest BCUT2D eigenvalue weighted by Crippen LogP contribution is 2.22. The van der Waals surface area contributed by atoms with E-state index in [4.69, 9.17) is 0 Å². The van der Waals surface area contributed by atoms with Gasteiger partial charge in [-0.3, -0.25) is 9.48 Å². The summed E-state index contributed by atoms with van der Waals surface area (Å²) in [6.45, 7) is 0. The monoisotopic (exact) mass is 334 g/mol. The van der Waals surface area contributed by atoms with Crippen molar-refractivity contribution in [1.82, 2.24) is 28.9 Å². The minimum absolute atomic E-state index is 0.115. The molecular weight excluding hydrogens is 316 g/mol. The van der Waals surface area contributed by atoms with Crippen LogP contribution in [0.2, 0.25) is 0 Å². The summed E-state index contributed by atoms with van der Waals surface area (Å²) >= 11 is 0. The van der Waals surface area contributed by atoms with Crippen molar-refractivity contribution >= 4 is 11.4 Å². The lowest BCUT2D eigenvalue weighted by molar-refractivity contribution is 0.0821. The zero-order valence-electron chi connectivity index (χ0n) is 14.3. The van der Waals surface area contributed by atoms with Crippen molar-refractivity contribution in [3.8, 4) is 16.9 Å². The summed E-state index contributed by atoms with van der Waals surface area (Å²) < 4.78 is 5.55. The van der Waals surface area contributed by atoms with Crippen molar-refractivity contribution in [2.75, 3.05) is 14.1 Å². The molecule has 0 aromatic carbocycles. The van der Waals surface area contributed by atoms with E-state index in [9.17, 15) is 4.79 Å². The molecular formula is C18H18N6O. The first-order valence-corrected chi connectivity index (χ1v) is 7.91. The Morgan fingerprint density at radius 3 is 2.56 bits per heavy atom. The van der Waals surface area contributed by atoms with Crippen LogP contribution in [0.1, 0.15) is 10.5 Å². The van der Waals surface area contributed by atoms with Gasteiger partial charge in [0.25, 0.3) is 5.91 Å². The van der Waals surface area contributed by atoms with Gasteiger partial charge in [-0.1, -0.05) is 6.07 Å². The third-order valence-corrected chi connectivity index (χ3v) is 4.12. The van der Waals surface area contributed by atoms with Crippen molar-refractivity contribution in [2.45, 2.75) is 0 Å². The van der Waals surface area contributed by atoms with Crippen LogP contribution < -0.4 is 0 Å². The maximum atomic E-state index is 12.1. The molecule has 0 aliphatic heterocycles. The molecule has 0 fully saturated rings. The number of aromatic nitrogens is 5. The minimum Gasteiger partial charge on any atom is -0.343 e. The molecule has 0 radical (unpaired) electrons. The van der Waals surface area contributed by atoms with Gasteiger partial charge in [-0.05, 0) is 24.3 Å². The van der Waals surface area contributed by atoms with Crippen molar-refractivity contribution in [3.05, 3.63) is 60.8 Å². The van der Waals surface area contributed by atoms with Gasteiger partial charge in [0.1, 0.15) is 5.82 Å². The fraction of sp³-hybridized carbons (Fsp3) is 0.167. The van der Waals surface area contributed by atoms with E-state index in [0.29, 0.717) is 5.69 Å². The zero-order chi connectivity index (χ0) is 17.6. The highest BCUT2D eigenvalue weighted by Gasteiger charge is 2.13. The molecule has 4 rings (SSSR count). The summed E-state index contributed by atoms with van der Waals surface area (Å²) in [5, 5.41) is 8.65. The number of carbonyl (C=O) groups is 1. The number of aryl methyl sites for hydroxylation is 1. The van der Waals surface area contributed by atoms with Gasteiger partial charge < -0.3 is 9.30 Å². The first-order valence-electron chi connectivity index (χ1n) is 7.91. The van der Waals surface area contributed by atoms with Crippen LogP contribution in [0, 0.1) is 0 Å². The molecule has 7 heteroatoms. The van der Waals surface area contributed by atoms with E-state index in [0.717, 1.165) is 22.5 Å². The Bertz CT molecular complexity index is 1070. The largest absolute Gasteiger partial charge is 0.343 e. The Morgan fingerprint density at radius 2 is 1.84 bits per heavy atom. The van der Waals surface area contributed by atoms with Crippen molar-refractivity contribution in [2.24, 2.45) is 7.05 Å². The number of pyridine rings is 1. The van der Waals surface area contributed by atoms with E-state index in [2.05, 4.69) is 32.9 Å². The van der Waals surface area contributed by atoms with Crippen LogP contribution in [0.3, 0.4) is 0 Å². The SMILES string of the molecule is CN(C)C(=O)c1ccn(-c2ccc3ccc(-c4cnn(C)c4)cn23)n1. The number of nitrogens with zero attached hydrogens (tertiary/aromatic N) is 6. The highest BCUT2D eigenvalue weighted by atomic mass is 16.2. The van der Waals surface area contributed by atoms with E-state index in [1.54, 1.807) is 35.7 Å². The van der Waals surface area contributed by atoms with Gasteiger partial charge in [0, 0.05) is 56.4 Å². The van der Waals surface area contributed by atoms with Gasteiger partial charge >= 0.3 is 0 Å². The fourth-order valence-electron chi connectivity index (χ4n) is 2.81. The topological polar surface area (TPSA) is 60.4 Å². The quantitative estimate of drug-likeness (QED) is 0.577. The number of hydrogen-bond acceptors (Lipinski definition) is 3. The minimum atomic E-state index is -0.115. The number of fused-ring (bicyclic) bond motifs is 1. The third kappa shape index (κ3) is 2.59. The Balaban J connectivity index is 1.79. The summed E-state index contributed by atoms with van der Waals surface area (Å²) in [7, 11) is 5.33. The first-order chi connectivity index (χ1) is 12.0. The Labute approximate surface area is 144 Å². The van der Waals surface area contributed by atoms with Crippen molar-refractivity contribution in [3.63, 3.8) is 0 Å². The van der Waals surface area contributed by atoms with Crippen LogP contribution in [0.5, 0.6) is 0 Å². The number of hydrogen-bond donors (Lipinski definition) is 0. The molecule has 25 heavy (non-hydrogen) atoms. The second-order valence-corrected chi connectivity index (χ2v) is 6.15. The molecule has 0 atom stereocenters. The van der Waals surface area contributed by atoms with E-state index in [-0.39, 0.29) is 5.91 Å². The second kappa shape index (κ2) is 5.62. The van der Waals surface area contributed by atoms with Gasteiger partial charge in [-0.25, -0.2) is 4.68 Å². The van der Waals surface area contributed by atoms with Gasteiger partial charge in [0.05, 0.1) is 6.20 Å². The molecule has 4 heterocycles. The average Bonchev–Trinajstić information content (AvgIpc) is 3.31. The van der Waals surface area contributed by atoms with Gasteiger partial charge in [0.15, 0.2) is 5.69 Å². The van der Waals surface area contributed by atoms with Gasteiger partial charge in [-0.2, -0.15) is 10.2 Å². The first kappa shape index (κ1) is 15.2. The number of amides is 1. The number of carbonyl (C=O) groups excluding carboxylic acids is 1. The molecule has 0 spiro atoms. The average molecular weight is 334 g/mol. The molecule has 4 aromatic rings. The molecule has 0 saturated heterocycles. The fourth-order valence-corrected chi connectivity index (χ4v) is 2.81. The highest BCUT2D eigenvalue weighted by molar-refractivity contribution is 5.91. The Morgan fingerprint density at radius 1 is 1.04 bits per heavy atom. The normalized spacial score (nSPS) is 11.2. The van der Waals surface area contributed by atoms with Crippen LogP contribution in [0.15, 0.2) is 55.1 Å². The summed E-state index contributed by atoms with van der Waals surface area (Å²) in [6, 6.07) is 9.87.